The highest BCUT2D eigenvalue weighted by Gasteiger charge is 2.26. The topological polar surface area (TPSA) is 54.2 Å². The Bertz CT molecular complexity index is 787. The lowest BCUT2D eigenvalue weighted by molar-refractivity contribution is -0.572. The molecule has 8 heteroatoms. The molecule has 0 bridgehead atoms. The molecule has 22 heavy (non-hydrogen) atoms. The van der Waals surface area contributed by atoms with Crippen LogP contribution in [0, 0.1) is 0 Å². The summed E-state index contributed by atoms with van der Waals surface area (Å²) in [5, 5.41) is 11.1. The fraction of sp³-hybridized carbons (Fsp3) is 0.429. The molecule has 0 radical (unpaired) electrons. The van der Waals surface area contributed by atoms with Gasteiger partial charge in [0, 0.05) is 26.2 Å². The Morgan fingerprint density at radius 3 is 2.73 bits per heavy atom. The molecule has 7 nitrogen and oxygen atoms in total. The molecule has 1 aliphatic rings. The first kappa shape index (κ1) is 13.6. The predicted octanol–water partition coefficient (Wildman–Crippen LogP) is 0.429. The van der Waals surface area contributed by atoms with Gasteiger partial charge in [0.1, 0.15) is 7.05 Å². The Hall–Kier alpha value is -2.06. The molecule has 0 aromatic carbocycles. The first-order chi connectivity index (χ1) is 10.7. The number of thiophene rings is 1. The number of anilines is 1. The van der Waals surface area contributed by atoms with Crippen molar-refractivity contribution in [3.05, 3.63) is 23.7 Å². The highest BCUT2D eigenvalue weighted by Crippen LogP contribution is 2.23. The van der Waals surface area contributed by atoms with E-state index in [1.807, 2.05) is 23.8 Å². The van der Waals surface area contributed by atoms with Crippen molar-refractivity contribution in [3.8, 4) is 10.6 Å². The molecule has 1 aliphatic heterocycles. The third-order valence-corrected chi connectivity index (χ3v) is 4.87. The largest absolute Gasteiger partial charge is 0.370 e. The van der Waals surface area contributed by atoms with Crippen molar-refractivity contribution in [2.24, 2.45) is 7.05 Å². The van der Waals surface area contributed by atoms with Crippen LogP contribution >= 0.6 is 11.3 Å². The second-order valence-corrected chi connectivity index (χ2v) is 6.50. The molecule has 0 amide bonds. The van der Waals surface area contributed by atoms with Gasteiger partial charge in [0.05, 0.1) is 21.4 Å². The van der Waals surface area contributed by atoms with Crippen LogP contribution in [0.15, 0.2) is 23.7 Å². The van der Waals surface area contributed by atoms with Crippen LogP contribution in [-0.2, 0) is 7.05 Å². The molecule has 4 rings (SSSR count). The number of aryl methyl sites for hydroxylation is 1. The second-order valence-electron chi connectivity index (χ2n) is 5.55. The van der Waals surface area contributed by atoms with Crippen molar-refractivity contribution in [3.63, 3.8) is 0 Å². The zero-order valence-corrected chi connectivity index (χ0v) is 13.5. The van der Waals surface area contributed by atoms with Gasteiger partial charge in [0.15, 0.2) is 5.69 Å². The number of hydrogen-bond donors (Lipinski definition) is 0. The number of tetrazole rings is 1. The van der Waals surface area contributed by atoms with Crippen LogP contribution in [0.25, 0.3) is 16.2 Å². The van der Waals surface area contributed by atoms with E-state index in [-0.39, 0.29) is 0 Å². The molecule has 4 heterocycles. The summed E-state index contributed by atoms with van der Waals surface area (Å²) < 4.78 is 1.90. The quantitative estimate of drug-likeness (QED) is 0.642. The van der Waals surface area contributed by atoms with E-state index in [1.165, 1.54) is 0 Å². The molecular formula is C14H18N7S+. The summed E-state index contributed by atoms with van der Waals surface area (Å²) in [6.07, 6.45) is 1.90. The molecule has 1 fully saturated rings. The number of piperazine rings is 1. The van der Waals surface area contributed by atoms with Crippen LogP contribution in [0.5, 0.6) is 0 Å². The number of hydrogen-bond acceptors (Lipinski definition) is 6. The van der Waals surface area contributed by atoms with Crippen LogP contribution in [0.2, 0.25) is 0 Å². The van der Waals surface area contributed by atoms with E-state index in [9.17, 15) is 0 Å². The third kappa shape index (κ3) is 2.24. The average molecular weight is 316 g/mol. The monoisotopic (exact) mass is 316 g/mol. The molecule has 0 N–H and O–H groups in total. The van der Waals surface area contributed by atoms with Gasteiger partial charge in [-0.05, 0) is 23.3 Å². The standard InChI is InChI=1S/C14H18N7S/c1-18-5-7-20(8-6-18)13-14-16-19(2)17-21(14)11(10-15-13)12-4-3-9-22-12/h3-4,9-10H,5-8H2,1-2H3/q+1. The highest BCUT2D eigenvalue weighted by atomic mass is 32.1. The van der Waals surface area contributed by atoms with E-state index >= 15 is 0 Å². The molecule has 114 valence electrons. The lowest BCUT2D eigenvalue weighted by Gasteiger charge is -2.32. The first-order valence-corrected chi connectivity index (χ1v) is 8.20. The summed E-state index contributed by atoms with van der Waals surface area (Å²) in [5.41, 5.74) is 1.80. The van der Waals surface area contributed by atoms with E-state index in [0.717, 1.165) is 48.2 Å². The van der Waals surface area contributed by atoms with Crippen molar-refractivity contribution in [2.45, 2.75) is 0 Å². The Balaban J connectivity index is 1.82. The molecular weight excluding hydrogens is 298 g/mol. The number of fused-ring (bicyclic) bond motifs is 1. The molecule has 3 aromatic heterocycles. The van der Waals surface area contributed by atoms with Crippen molar-refractivity contribution in [1.29, 1.82) is 0 Å². The van der Waals surface area contributed by atoms with E-state index < -0.39 is 0 Å². The van der Waals surface area contributed by atoms with Crippen LogP contribution < -0.4 is 9.42 Å². The second kappa shape index (κ2) is 5.29. The SMILES string of the molecule is CN1CCN(c2ncc(-c3cccs3)[n+]3nn(C)nc23)CC1. The number of aromatic nitrogens is 5. The molecule has 0 unspecified atom stereocenters. The van der Waals surface area contributed by atoms with Crippen LogP contribution in [0.3, 0.4) is 0 Å². The van der Waals surface area contributed by atoms with Crippen LogP contribution in [0.4, 0.5) is 5.82 Å². The van der Waals surface area contributed by atoms with Crippen molar-refractivity contribution < 1.29 is 4.52 Å². The van der Waals surface area contributed by atoms with Crippen molar-refractivity contribution in [2.75, 3.05) is 38.1 Å². The zero-order valence-electron chi connectivity index (χ0n) is 12.7. The summed E-state index contributed by atoms with van der Waals surface area (Å²) in [4.78, 5) is 12.1. The van der Waals surface area contributed by atoms with Gasteiger partial charge in [-0.1, -0.05) is 10.6 Å². The maximum atomic E-state index is 4.70. The smallest absolute Gasteiger partial charge is 0.348 e. The van der Waals surface area contributed by atoms with Gasteiger partial charge in [-0.2, -0.15) is 0 Å². The Morgan fingerprint density at radius 1 is 1.18 bits per heavy atom. The van der Waals surface area contributed by atoms with Crippen molar-refractivity contribution in [1.82, 2.24) is 25.0 Å². The highest BCUT2D eigenvalue weighted by molar-refractivity contribution is 7.13. The van der Waals surface area contributed by atoms with Crippen molar-refractivity contribution >= 4 is 22.8 Å². The fourth-order valence-electron chi connectivity index (χ4n) is 2.74. The Morgan fingerprint density at radius 2 is 2.00 bits per heavy atom. The predicted molar refractivity (Wildman–Crippen MR) is 85.0 cm³/mol. The maximum Gasteiger partial charge on any atom is 0.370 e. The van der Waals surface area contributed by atoms with E-state index in [0.29, 0.717) is 0 Å². The van der Waals surface area contributed by atoms with Gasteiger partial charge in [-0.25, -0.2) is 4.98 Å². The number of nitrogens with zero attached hydrogens (tertiary/aromatic N) is 7. The number of likely N-dealkylation sites (N-methyl/N-ethyl adjacent to an activating group) is 1. The fourth-order valence-corrected chi connectivity index (χ4v) is 3.46. The lowest BCUT2D eigenvalue weighted by Crippen LogP contribution is -2.45. The minimum Gasteiger partial charge on any atom is -0.348 e. The Labute approximate surface area is 132 Å². The van der Waals surface area contributed by atoms with Gasteiger partial charge < -0.3 is 9.80 Å². The molecule has 0 aliphatic carbocycles. The molecule has 0 atom stereocenters. The van der Waals surface area contributed by atoms with E-state index in [1.54, 1.807) is 16.1 Å². The first-order valence-electron chi connectivity index (χ1n) is 7.32. The van der Waals surface area contributed by atoms with Crippen LogP contribution in [-0.4, -0.2) is 58.2 Å². The molecule has 0 spiro atoms. The summed E-state index contributed by atoms with van der Waals surface area (Å²) in [6, 6.07) is 4.12. The molecule has 3 aromatic rings. The minimum atomic E-state index is 0.818. The third-order valence-electron chi connectivity index (χ3n) is 3.97. The van der Waals surface area contributed by atoms with Crippen LogP contribution in [0.1, 0.15) is 0 Å². The van der Waals surface area contributed by atoms with E-state index in [2.05, 4.69) is 38.6 Å². The summed E-state index contributed by atoms with van der Waals surface area (Å²) >= 11 is 1.68. The molecule has 0 saturated carbocycles. The maximum absolute atomic E-state index is 4.70. The summed E-state index contributed by atoms with van der Waals surface area (Å²) in [7, 11) is 4.00. The molecule has 1 saturated heterocycles. The van der Waals surface area contributed by atoms with Gasteiger partial charge in [0.25, 0.3) is 0 Å². The lowest BCUT2D eigenvalue weighted by atomic mass is 10.3. The normalized spacial score (nSPS) is 16.5. The average Bonchev–Trinajstić information content (AvgIpc) is 3.15. The van der Waals surface area contributed by atoms with E-state index in [4.69, 9.17) is 4.98 Å². The zero-order chi connectivity index (χ0) is 15.1. The van der Waals surface area contributed by atoms with Gasteiger partial charge in [0.2, 0.25) is 5.82 Å². The summed E-state index contributed by atoms with van der Waals surface area (Å²) in [5.74, 6) is 0.918. The number of rotatable bonds is 2. The van der Waals surface area contributed by atoms with Gasteiger partial charge in [-0.15, -0.1) is 11.3 Å². The van der Waals surface area contributed by atoms with Gasteiger partial charge in [-0.3, -0.25) is 0 Å². The Kier molecular flexibility index (Phi) is 3.27. The minimum absolute atomic E-state index is 0.818. The van der Waals surface area contributed by atoms with Gasteiger partial charge >= 0.3 is 5.65 Å². The summed E-state index contributed by atoms with van der Waals surface area (Å²) in [6.45, 7) is 4.02.